The van der Waals surface area contributed by atoms with Crippen LogP contribution in [0.5, 0.6) is 0 Å². The lowest BCUT2D eigenvalue weighted by Crippen LogP contribution is -2.45. The Labute approximate surface area is 121 Å². The van der Waals surface area contributed by atoms with Crippen molar-refractivity contribution < 1.29 is 4.74 Å². The van der Waals surface area contributed by atoms with E-state index in [1.54, 1.807) is 0 Å². The van der Waals surface area contributed by atoms with Crippen molar-refractivity contribution in [3.8, 4) is 0 Å². The number of hydrogen-bond donors (Lipinski definition) is 2. The van der Waals surface area contributed by atoms with Gasteiger partial charge in [-0.05, 0) is 19.3 Å². The van der Waals surface area contributed by atoms with Gasteiger partial charge in [0.05, 0.1) is 19.8 Å². The van der Waals surface area contributed by atoms with Crippen molar-refractivity contribution in [2.45, 2.75) is 33.2 Å². The second-order valence-corrected chi connectivity index (χ2v) is 5.46. The molecular weight excluding hydrogens is 329 g/mol. The molecule has 2 unspecified atom stereocenters. The van der Waals surface area contributed by atoms with Crippen LogP contribution in [0.4, 0.5) is 0 Å². The molecule has 2 fully saturated rings. The van der Waals surface area contributed by atoms with Crippen molar-refractivity contribution in [1.29, 1.82) is 0 Å². The van der Waals surface area contributed by atoms with Gasteiger partial charge in [-0.2, -0.15) is 0 Å². The van der Waals surface area contributed by atoms with Crippen molar-refractivity contribution in [2.75, 3.05) is 26.3 Å². The van der Waals surface area contributed by atoms with Crippen molar-refractivity contribution in [2.24, 2.45) is 16.3 Å². The highest BCUT2D eigenvalue weighted by Gasteiger charge is 2.35. The predicted molar refractivity (Wildman–Crippen MR) is 81.0 cm³/mol. The molecule has 0 aromatic heterocycles. The molecule has 0 amide bonds. The van der Waals surface area contributed by atoms with Gasteiger partial charge in [-0.1, -0.05) is 13.8 Å². The molecule has 1 heterocycles. The predicted octanol–water partition coefficient (Wildman–Crippen LogP) is 1.60. The SMILES string of the molecule is CCNC(=NCC1(C)COC1)NC1CC1C.I. The van der Waals surface area contributed by atoms with Crippen LogP contribution in [0.1, 0.15) is 27.2 Å². The van der Waals surface area contributed by atoms with E-state index >= 15 is 0 Å². The second kappa shape index (κ2) is 6.22. The molecule has 0 spiro atoms. The summed E-state index contributed by atoms with van der Waals surface area (Å²) in [6.07, 6.45) is 1.27. The first-order valence-electron chi connectivity index (χ1n) is 6.25. The molecule has 100 valence electrons. The van der Waals surface area contributed by atoms with Gasteiger partial charge in [-0.25, -0.2) is 0 Å². The summed E-state index contributed by atoms with van der Waals surface area (Å²) < 4.78 is 5.23. The minimum Gasteiger partial charge on any atom is -0.380 e. The van der Waals surface area contributed by atoms with Gasteiger partial charge in [0.15, 0.2) is 5.96 Å². The summed E-state index contributed by atoms with van der Waals surface area (Å²) in [6.45, 7) is 10.0. The number of nitrogens with zero attached hydrogens (tertiary/aromatic N) is 1. The monoisotopic (exact) mass is 353 g/mol. The number of rotatable bonds is 4. The molecule has 1 aliphatic heterocycles. The number of nitrogens with one attached hydrogen (secondary N) is 2. The van der Waals surface area contributed by atoms with Crippen LogP contribution in [0.25, 0.3) is 0 Å². The zero-order valence-corrected chi connectivity index (χ0v) is 13.3. The van der Waals surface area contributed by atoms with E-state index in [0.29, 0.717) is 6.04 Å². The van der Waals surface area contributed by atoms with Crippen molar-refractivity contribution in [3.05, 3.63) is 0 Å². The largest absolute Gasteiger partial charge is 0.380 e. The summed E-state index contributed by atoms with van der Waals surface area (Å²) >= 11 is 0. The highest BCUT2D eigenvalue weighted by Crippen LogP contribution is 2.29. The van der Waals surface area contributed by atoms with Gasteiger partial charge in [-0.15, -0.1) is 24.0 Å². The molecule has 0 bridgehead atoms. The van der Waals surface area contributed by atoms with Crippen LogP contribution in [0.15, 0.2) is 4.99 Å². The number of hydrogen-bond acceptors (Lipinski definition) is 2. The number of aliphatic imine (C=N–C) groups is 1. The van der Waals surface area contributed by atoms with Gasteiger partial charge < -0.3 is 15.4 Å². The molecule has 4 nitrogen and oxygen atoms in total. The van der Waals surface area contributed by atoms with Gasteiger partial charge in [0.25, 0.3) is 0 Å². The van der Waals surface area contributed by atoms with E-state index in [1.807, 2.05) is 0 Å². The van der Waals surface area contributed by atoms with Crippen LogP contribution in [-0.4, -0.2) is 38.3 Å². The Balaban J connectivity index is 0.00000144. The lowest BCUT2D eigenvalue weighted by molar-refractivity contribution is -0.0945. The van der Waals surface area contributed by atoms with E-state index in [2.05, 4.69) is 36.4 Å². The average molecular weight is 353 g/mol. The van der Waals surface area contributed by atoms with Crippen LogP contribution in [0.2, 0.25) is 0 Å². The minimum atomic E-state index is 0. The first kappa shape index (κ1) is 15.0. The van der Waals surface area contributed by atoms with Crippen LogP contribution < -0.4 is 10.6 Å². The smallest absolute Gasteiger partial charge is 0.191 e. The van der Waals surface area contributed by atoms with Crippen LogP contribution in [-0.2, 0) is 4.74 Å². The summed E-state index contributed by atoms with van der Waals surface area (Å²) in [5.41, 5.74) is 0.261. The first-order chi connectivity index (χ1) is 7.63. The van der Waals surface area contributed by atoms with Crippen molar-refractivity contribution in [1.82, 2.24) is 10.6 Å². The molecular formula is C12H24IN3O. The topological polar surface area (TPSA) is 45.7 Å². The van der Waals surface area contributed by atoms with Crippen molar-refractivity contribution >= 4 is 29.9 Å². The van der Waals surface area contributed by atoms with Gasteiger partial charge >= 0.3 is 0 Å². The maximum atomic E-state index is 5.23. The molecule has 1 saturated carbocycles. The molecule has 5 heteroatoms. The third kappa shape index (κ3) is 4.28. The Bertz CT molecular complexity index is 279. The minimum absolute atomic E-state index is 0. The van der Waals surface area contributed by atoms with Gasteiger partial charge in [0.1, 0.15) is 0 Å². The molecule has 1 saturated heterocycles. The van der Waals surface area contributed by atoms with Crippen molar-refractivity contribution in [3.63, 3.8) is 0 Å². The molecule has 2 rings (SSSR count). The van der Waals surface area contributed by atoms with E-state index in [9.17, 15) is 0 Å². The maximum Gasteiger partial charge on any atom is 0.191 e. The normalized spacial score (nSPS) is 29.9. The van der Waals surface area contributed by atoms with E-state index < -0.39 is 0 Å². The number of guanidine groups is 1. The summed E-state index contributed by atoms with van der Waals surface area (Å²) in [4.78, 5) is 4.64. The molecule has 2 N–H and O–H groups in total. The highest BCUT2D eigenvalue weighted by molar-refractivity contribution is 14.0. The lowest BCUT2D eigenvalue weighted by atomic mass is 9.89. The van der Waals surface area contributed by atoms with Gasteiger partial charge in [0, 0.05) is 18.0 Å². The number of halogens is 1. The Morgan fingerprint density at radius 1 is 1.47 bits per heavy atom. The fourth-order valence-electron chi connectivity index (χ4n) is 1.83. The number of ether oxygens (including phenoxy) is 1. The average Bonchev–Trinajstić information content (AvgIpc) is 2.88. The summed E-state index contributed by atoms with van der Waals surface area (Å²) in [5, 5.41) is 6.75. The molecule has 2 atom stereocenters. The molecule has 0 aromatic rings. The Hall–Kier alpha value is -0.0400. The van der Waals surface area contributed by atoms with E-state index in [4.69, 9.17) is 4.74 Å². The molecule has 1 aliphatic carbocycles. The summed E-state index contributed by atoms with van der Waals surface area (Å²) in [6, 6.07) is 0.628. The molecule has 0 aromatic carbocycles. The zero-order chi connectivity index (χ0) is 11.6. The first-order valence-corrected chi connectivity index (χ1v) is 6.25. The van der Waals surface area contributed by atoms with Gasteiger partial charge in [0.2, 0.25) is 0 Å². The molecule has 17 heavy (non-hydrogen) atoms. The third-order valence-electron chi connectivity index (χ3n) is 3.30. The quantitative estimate of drug-likeness (QED) is 0.459. The van der Waals surface area contributed by atoms with Crippen LogP contribution in [0, 0.1) is 11.3 Å². The third-order valence-corrected chi connectivity index (χ3v) is 3.30. The Morgan fingerprint density at radius 2 is 2.12 bits per heavy atom. The molecule has 2 aliphatic rings. The molecule has 0 radical (unpaired) electrons. The summed E-state index contributed by atoms with van der Waals surface area (Å²) in [5.74, 6) is 1.76. The van der Waals surface area contributed by atoms with E-state index in [-0.39, 0.29) is 29.4 Å². The maximum absolute atomic E-state index is 5.23. The van der Waals surface area contributed by atoms with E-state index in [1.165, 1.54) is 6.42 Å². The lowest BCUT2D eigenvalue weighted by Gasteiger charge is -2.36. The van der Waals surface area contributed by atoms with Gasteiger partial charge in [-0.3, -0.25) is 4.99 Å². The standard InChI is InChI=1S/C12H23N3O.HI/c1-4-13-11(15-10-5-9(10)2)14-6-12(3)7-16-8-12;/h9-10H,4-8H2,1-3H3,(H2,13,14,15);1H. The Morgan fingerprint density at radius 3 is 2.53 bits per heavy atom. The fraction of sp³-hybridized carbons (Fsp3) is 0.917. The highest BCUT2D eigenvalue weighted by atomic mass is 127. The van der Waals surface area contributed by atoms with Crippen LogP contribution >= 0.6 is 24.0 Å². The zero-order valence-electron chi connectivity index (χ0n) is 11.0. The second-order valence-electron chi connectivity index (χ2n) is 5.46. The Kier molecular flexibility index (Phi) is 5.50. The van der Waals surface area contributed by atoms with E-state index in [0.717, 1.165) is 38.2 Å². The van der Waals surface area contributed by atoms with Crippen LogP contribution in [0.3, 0.4) is 0 Å². The fourth-order valence-corrected chi connectivity index (χ4v) is 1.83. The summed E-state index contributed by atoms with van der Waals surface area (Å²) in [7, 11) is 0.